The maximum atomic E-state index is 12.7. The minimum Gasteiger partial charge on any atom is -0.380 e. The van der Waals surface area contributed by atoms with Gasteiger partial charge in [0.25, 0.3) is 0 Å². The van der Waals surface area contributed by atoms with E-state index in [0.717, 1.165) is 17.1 Å². The molecule has 1 rings (SSSR count). The highest BCUT2D eigenvalue weighted by atomic mass is 35.5. The van der Waals surface area contributed by atoms with Crippen molar-refractivity contribution in [3.8, 4) is 0 Å². The number of nitrogens with two attached hydrogens (primary N) is 1. The lowest BCUT2D eigenvalue weighted by molar-refractivity contribution is -0.123. The second-order valence-electron chi connectivity index (χ2n) is 4.30. The highest BCUT2D eigenvalue weighted by Crippen LogP contribution is 2.18. The van der Waals surface area contributed by atoms with Crippen molar-refractivity contribution in [2.24, 2.45) is 5.73 Å². The molecule has 0 aliphatic carbocycles. The van der Waals surface area contributed by atoms with Crippen LogP contribution in [0.15, 0.2) is 29.2 Å². The van der Waals surface area contributed by atoms with Gasteiger partial charge < -0.3 is 15.8 Å². The van der Waals surface area contributed by atoms with Gasteiger partial charge in [-0.15, -0.1) is 24.2 Å². The zero-order valence-electron chi connectivity index (χ0n) is 12.0. The molecule has 0 radical (unpaired) electrons. The topological polar surface area (TPSA) is 64.3 Å². The summed E-state index contributed by atoms with van der Waals surface area (Å²) in [6.45, 7) is 0.957. The van der Waals surface area contributed by atoms with Gasteiger partial charge in [0.05, 0.1) is 12.5 Å². The van der Waals surface area contributed by atoms with Gasteiger partial charge in [-0.3, -0.25) is 4.79 Å². The lowest BCUT2D eigenvalue weighted by atomic mass is 10.2. The van der Waals surface area contributed by atoms with E-state index in [1.54, 1.807) is 31.0 Å². The van der Waals surface area contributed by atoms with Crippen LogP contribution in [-0.2, 0) is 9.53 Å². The van der Waals surface area contributed by atoms with Crippen molar-refractivity contribution in [1.82, 2.24) is 5.32 Å². The molecule has 7 heteroatoms. The van der Waals surface area contributed by atoms with E-state index in [1.165, 1.54) is 12.1 Å². The van der Waals surface area contributed by atoms with Crippen LogP contribution in [-0.4, -0.2) is 38.0 Å². The molecule has 1 unspecified atom stereocenters. The predicted octanol–water partition coefficient (Wildman–Crippen LogP) is 2.21. The molecule has 0 aliphatic rings. The first-order valence-corrected chi connectivity index (χ1v) is 7.52. The summed E-state index contributed by atoms with van der Waals surface area (Å²) in [6, 6.07) is 6.40. The molecule has 0 heterocycles. The Kier molecular flexibility index (Phi) is 11.3. The van der Waals surface area contributed by atoms with E-state index >= 15 is 0 Å². The van der Waals surface area contributed by atoms with Crippen LogP contribution in [0.2, 0.25) is 0 Å². The van der Waals surface area contributed by atoms with Crippen LogP contribution >= 0.6 is 24.2 Å². The number of amides is 1. The Morgan fingerprint density at radius 2 is 2.10 bits per heavy atom. The van der Waals surface area contributed by atoms with E-state index in [-0.39, 0.29) is 36.7 Å². The van der Waals surface area contributed by atoms with Crippen molar-refractivity contribution < 1.29 is 13.9 Å². The lowest BCUT2D eigenvalue weighted by Gasteiger charge is -2.12. The van der Waals surface area contributed by atoms with Gasteiger partial charge in [-0.05, 0) is 36.4 Å². The third kappa shape index (κ3) is 8.93. The Morgan fingerprint density at radius 1 is 1.43 bits per heavy atom. The van der Waals surface area contributed by atoms with Crippen molar-refractivity contribution in [2.45, 2.75) is 23.8 Å². The van der Waals surface area contributed by atoms with Gasteiger partial charge in [-0.1, -0.05) is 0 Å². The quantitative estimate of drug-likeness (QED) is 0.536. The molecule has 4 nitrogen and oxygen atoms in total. The molecule has 120 valence electrons. The molecule has 0 aliphatic heterocycles. The molecule has 0 fully saturated rings. The third-order valence-electron chi connectivity index (χ3n) is 2.73. The molecule has 1 amide bonds. The number of benzene rings is 1. The SMILES string of the molecule is COC(CN)CC(=O)NCCCSc1ccc(F)cc1.Cl. The first-order chi connectivity index (χ1) is 9.65. The monoisotopic (exact) mass is 336 g/mol. The fourth-order valence-corrected chi connectivity index (χ4v) is 2.42. The van der Waals surface area contributed by atoms with Crippen molar-refractivity contribution in [3.05, 3.63) is 30.1 Å². The smallest absolute Gasteiger partial charge is 0.222 e. The van der Waals surface area contributed by atoms with Crippen LogP contribution in [0.4, 0.5) is 4.39 Å². The van der Waals surface area contributed by atoms with Gasteiger partial charge in [0.15, 0.2) is 0 Å². The number of carbonyl (C=O) groups is 1. The minimum absolute atomic E-state index is 0. The normalized spacial score (nSPS) is 11.6. The highest BCUT2D eigenvalue weighted by Gasteiger charge is 2.10. The first-order valence-electron chi connectivity index (χ1n) is 6.53. The summed E-state index contributed by atoms with van der Waals surface area (Å²) >= 11 is 1.64. The Morgan fingerprint density at radius 3 is 2.67 bits per heavy atom. The number of hydrogen-bond acceptors (Lipinski definition) is 4. The van der Waals surface area contributed by atoms with Gasteiger partial charge in [-0.25, -0.2) is 4.39 Å². The Balaban J connectivity index is 0.00000400. The van der Waals surface area contributed by atoms with Gasteiger partial charge in [0, 0.05) is 25.1 Å². The summed E-state index contributed by atoms with van der Waals surface area (Å²) in [6.07, 6.45) is 0.926. The summed E-state index contributed by atoms with van der Waals surface area (Å²) in [7, 11) is 1.55. The molecule has 0 saturated heterocycles. The predicted molar refractivity (Wildman–Crippen MR) is 86.5 cm³/mol. The number of rotatable bonds is 9. The van der Waals surface area contributed by atoms with Crippen LogP contribution < -0.4 is 11.1 Å². The minimum atomic E-state index is -0.228. The summed E-state index contributed by atoms with van der Waals surface area (Å²) < 4.78 is 17.7. The van der Waals surface area contributed by atoms with Gasteiger partial charge in [0.1, 0.15) is 5.82 Å². The van der Waals surface area contributed by atoms with Crippen molar-refractivity contribution in [3.63, 3.8) is 0 Å². The van der Waals surface area contributed by atoms with Gasteiger partial charge in [-0.2, -0.15) is 0 Å². The number of hydrogen-bond donors (Lipinski definition) is 2. The standard InChI is InChI=1S/C14H21FN2O2S.ClH/c1-19-12(10-16)9-14(18)17-7-2-8-20-13-5-3-11(15)4-6-13;/h3-6,12H,2,7-10,16H2,1H3,(H,17,18);1H. The van der Waals surface area contributed by atoms with E-state index < -0.39 is 0 Å². The number of nitrogens with one attached hydrogen (secondary N) is 1. The zero-order chi connectivity index (χ0) is 14.8. The van der Waals surface area contributed by atoms with Crippen molar-refractivity contribution in [2.75, 3.05) is 26.0 Å². The molecule has 1 atom stereocenters. The second-order valence-corrected chi connectivity index (χ2v) is 5.47. The summed E-state index contributed by atoms with van der Waals surface area (Å²) in [5, 5.41) is 2.83. The summed E-state index contributed by atoms with van der Waals surface area (Å²) in [5.41, 5.74) is 5.45. The average molecular weight is 337 g/mol. The molecule has 0 saturated carbocycles. The molecule has 1 aromatic rings. The van der Waals surface area contributed by atoms with E-state index in [1.807, 2.05) is 0 Å². The molecular weight excluding hydrogens is 315 g/mol. The van der Waals surface area contributed by atoms with Crippen LogP contribution in [0.1, 0.15) is 12.8 Å². The summed E-state index contributed by atoms with van der Waals surface area (Å²) in [5.74, 6) is 0.597. The lowest BCUT2D eigenvalue weighted by Crippen LogP contribution is -2.32. The molecule has 1 aromatic carbocycles. The van der Waals surface area contributed by atoms with Gasteiger partial charge >= 0.3 is 0 Å². The largest absolute Gasteiger partial charge is 0.380 e. The number of methoxy groups -OCH3 is 1. The molecule has 3 N–H and O–H groups in total. The van der Waals surface area contributed by atoms with E-state index in [2.05, 4.69) is 5.32 Å². The van der Waals surface area contributed by atoms with Crippen LogP contribution in [0.25, 0.3) is 0 Å². The van der Waals surface area contributed by atoms with Crippen LogP contribution in [0, 0.1) is 5.82 Å². The van der Waals surface area contributed by atoms with E-state index in [0.29, 0.717) is 13.1 Å². The van der Waals surface area contributed by atoms with E-state index in [4.69, 9.17) is 10.5 Å². The molecule has 0 aromatic heterocycles. The Hall–Kier alpha value is -0.820. The first kappa shape index (κ1) is 20.2. The van der Waals surface area contributed by atoms with Crippen LogP contribution in [0.3, 0.4) is 0 Å². The Labute approximate surface area is 135 Å². The van der Waals surface area contributed by atoms with Gasteiger partial charge in [0.2, 0.25) is 5.91 Å². The fourth-order valence-electron chi connectivity index (χ4n) is 1.56. The number of halogens is 2. The maximum Gasteiger partial charge on any atom is 0.222 e. The molecular formula is C14H22ClFN2O2S. The van der Waals surface area contributed by atoms with Crippen molar-refractivity contribution >= 4 is 30.1 Å². The average Bonchev–Trinajstić information content (AvgIpc) is 2.46. The van der Waals surface area contributed by atoms with E-state index in [9.17, 15) is 9.18 Å². The zero-order valence-corrected chi connectivity index (χ0v) is 13.6. The van der Waals surface area contributed by atoms with Crippen molar-refractivity contribution in [1.29, 1.82) is 0 Å². The molecule has 21 heavy (non-hydrogen) atoms. The fraction of sp³-hybridized carbons (Fsp3) is 0.500. The molecule has 0 bridgehead atoms. The Bertz CT molecular complexity index is 402. The number of ether oxygens (including phenoxy) is 1. The molecule has 0 spiro atoms. The third-order valence-corrected chi connectivity index (χ3v) is 3.83. The second kappa shape index (κ2) is 11.8. The number of thioether (sulfide) groups is 1. The highest BCUT2D eigenvalue weighted by molar-refractivity contribution is 7.99. The number of carbonyl (C=O) groups excluding carboxylic acids is 1. The van der Waals surface area contributed by atoms with Crippen LogP contribution in [0.5, 0.6) is 0 Å². The summed E-state index contributed by atoms with van der Waals surface area (Å²) in [4.78, 5) is 12.6. The maximum absolute atomic E-state index is 12.7.